The SMILES string of the molecule is COc1ccccc1NC(=O)[C@@H]1CC(=O)N(C)[C@H]1c1ccccc1. The molecule has 5 nitrogen and oxygen atoms in total. The molecule has 2 amide bonds. The van der Waals surface area contributed by atoms with Gasteiger partial charge in [0.1, 0.15) is 5.75 Å². The van der Waals surface area contributed by atoms with E-state index in [1.54, 1.807) is 31.2 Å². The number of nitrogens with zero attached hydrogens (tertiary/aromatic N) is 1. The smallest absolute Gasteiger partial charge is 0.230 e. The number of benzene rings is 2. The zero-order valence-corrected chi connectivity index (χ0v) is 13.7. The van der Waals surface area contributed by atoms with Gasteiger partial charge in [-0.15, -0.1) is 0 Å². The minimum absolute atomic E-state index is 0.0240. The highest BCUT2D eigenvalue weighted by molar-refractivity contribution is 5.98. The molecule has 1 fully saturated rings. The summed E-state index contributed by atoms with van der Waals surface area (Å²) >= 11 is 0. The molecule has 124 valence electrons. The summed E-state index contributed by atoms with van der Waals surface area (Å²) in [4.78, 5) is 26.6. The molecule has 24 heavy (non-hydrogen) atoms. The second kappa shape index (κ2) is 6.74. The summed E-state index contributed by atoms with van der Waals surface area (Å²) in [5.74, 6) is -0.0373. The fraction of sp³-hybridized carbons (Fsp3) is 0.263. The third-order valence-corrected chi connectivity index (χ3v) is 4.43. The van der Waals surface area contributed by atoms with Crippen LogP contribution in [0, 0.1) is 5.92 Å². The summed E-state index contributed by atoms with van der Waals surface area (Å²) in [6, 6.07) is 16.6. The van der Waals surface area contributed by atoms with E-state index in [1.165, 1.54) is 0 Å². The number of carbonyl (C=O) groups excluding carboxylic acids is 2. The number of likely N-dealkylation sites (tertiary alicyclic amines) is 1. The van der Waals surface area contributed by atoms with Gasteiger partial charge in [-0.05, 0) is 17.7 Å². The van der Waals surface area contributed by atoms with Crippen LogP contribution in [-0.2, 0) is 9.59 Å². The Morgan fingerprint density at radius 3 is 2.50 bits per heavy atom. The Bertz CT molecular complexity index is 745. The van der Waals surface area contributed by atoms with Crippen LogP contribution in [0.1, 0.15) is 18.0 Å². The predicted molar refractivity (Wildman–Crippen MR) is 91.7 cm³/mol. The maximum atomic E-state index is 12.8. The van der Waals surface area contributed by atoms with E-state index in [-0.39, 0.29) is 24.3 Å². The van der Waals surface area contributed by atoms with Gasteiger partial charge in [0, 0.05) is 13.5 Å². The Hall–Kier alpha value is -2.82. The highest BCUT2D eigenvalue weighted by Gasteiger charge is 2.42. The van der Waals surface area contributed by atoms with Gasteiger partial charge in [-0.2, -0.15) is 0 Å². The van der Waals surface area contributed by atoms with Crippen LogP contribution in [0.4, 0.5) is 5.69 Å². The molecule has 1 aliphatic heterocycles. The normalized spacial score (nSPS) is 20.1. The zero-order chi connectivity index (χ0) is 17.1. The fourth-order valence-electron chi connectivity index (χ4n) is 3.18. The van der Waals surface area contributed by atoms with Crippen LogP contribution in [0.2, 0.25) is 0 Å². The summed E-state index contributed by atoms with van der Waals surface area (Å²) in [7, 11) is 3.31. The molecule has 5 heteroatoms. The van der Waals surface area contributed by atoms with E-state index < -0.39 is 5.92 Å². The molecule has 0 spiro atoms. The Labute approximate surface area is 141 Å². The van der Waals surface area contributed by atoms with Crippen molar-refractivity contribution < 1.29 is 14.3 Å². The van der Waals surface area contributed by atoms with Crippen molar-refractivity contribution in [2.45, 2.75) is 12.5 Å². The van der Waals surface area contributed by atoms with Gasteiger partial charge in [0.05, 0.1) is 24.8 Å². The summed E-state index contributed by atoms with van der Waals surface area (Å²) in [6.45, 7) is 0. The maximum absolute atomic E-state index is 12.8. The first-order chi connectivity index (χ1) is 11.6. The van der Waals surface area contributed by atoms with Crippen molar-refractivity contribution in [1.29, 1.82) is 0 Å². The molecule has 0 unspecified atom stereocenters. The number of hydrogen-bond donors (Lipinski definition) is 1. The third-order valence-electron chi connectivity index (χ3n) is 4.43. The monoisotopic (exact) mass is 324 g/mol. The molecule has 1 aliphatic rings. The van der Waals surface area contributed by atoms with E-state index in [0.29, 0.717) is 11.4 Å². The lowest BCUT2D eigenvalue weighted by Crippen LogP contribution is -2.30. The number of para-hydroxylation sites is 2. The van der Waals surface area contributed by atoms with Crippen molar-refractivity contribution in [3.63, 3.8) is 0 Å². The molecule has 0 aliphatic carbocycles. The molecular formula is C19H20N2O3. The first kappa shape index (κ1) is 16.1. The summed E-state index contributed by atoms with van der Waals surface area (Å²) in [5, 5.41) is 2.90. The van der Waals surface area contributed by atoms with E-state index in [2.05, 4.69) is 5.32 Å². The van der Waals surface area contributed by atoms with Gasteiger partial charge in [0.25, 0.3) is 0 Å². The average molecular weight is 324 g/mol. The number of nitrogens with one attached hydrogen (secondary N) is 1. The second-order valence-electron chi connectivity index (χ2n) is 5.86. The number of hydrogen-bond acceptors (Lipinski definition) is 3. The summed E-state index contributed by atoms with van der Waals surface area (Å²) < 4.78 is 5.27. The predicted octanol–water partition coefficient (Wildman–Crippen LogP) is 2.85. The van der Waals surface area contributed by atoms with E-state index in [4.69, 9.17) is 4.74 Å². The van der Waals surface area contributed by atoms with E-state index in [9.17, 15) is 9.59 Å². The van der Waals surface area contributed by atoms with Gasteiger partial charge in [-0.3, -0.25) is 9.59 Å². The molecule has 1 N–H and O–H groups in total. The van der Waals surface area contributed by atoms with Gasteiger partial charge in [-0.1, -0.05) is 42.5 Å². The Balaban J connectivity index is 1.86. The molecule has 2 aromatic rings. The lowest BCUT2D eigenvalue weighted by molar-refractivity contribution is -0.127. The van der Waals surface area contributed by atoms with Crippen molar-refractivity contribution >= 4 is 17.5 Å². The van der Waals surface area contributed by atoms with Crippen molar-refractivity contribution in [2.75, 3.05) is 19.5 Å². The van der Waals surface area contributed by atoms with Gasteiger partial charge in [-0.25, -0.2) is 0 Å². The van der Waals surface area contributed by atoms with Crippen LogP contribution in [0.15, 0.2) is 54.6 Å². The van der Waals surface area contributed by atoms with Crippen LogP contribution < -0.4 is 10.1 Å². The molecule has 3 rings (SSSR count). The summed E-state index contributed by atoms with van der Waals surface area (Å²) in [5.41, 5.74) is 1.57. The number of carbonyl (C=O) groups is 2. The summed E-state index contributed by atoms with van der Waals surface area (Å²) in [6.07, 6.45) is 0.205. The third kappa shape index (κ3) is 2.97. The van der Waals surface area contributed by atoms with Gasteiger partial charge in [0.2, 0.25) is 11.8 Å². The first-order valence-corrected chi connectivity index (χ1v) is 7.86. The number of rotatable bonds is 4. The second-order valence-corrected chi connectivity index (χ2v) is 5.86. The largest absolute Gasteiger partial charge is 0.495 e. The lowest BCUT2D eigenvalue weighted by atomic mass is 9.93. The molecule has 1 saturated heterocycles. The number of methoxy groups -OCH3 is 1. The zero-order valence-electron chi connectivity index (χ0n) is 13.7. The van der Waals surface area contributed by atoms with Crippen molar-refractivity contribution in [3.8, 4) is 5.75 Å². The topological polar surface area (TPSA) is 58.6 Å². The van der Waals surface area contributed by atoms with Crippen molar-refractivity contribution in [2.24, 2.45) is 5.92 Å². The quantitative estimate of drug-likeness (QED) is 0.941. The van der Waals surface area contributed by atoms with Crippen LogP contribution >= 0.6 is 0 Å². The molecule has 2 atom stereocenters. The molecule has 0 saturated carbocycles. The molecular weight excluding hydrogens is 304 g/mol. The molecule has 0 aromatic heterocycles. The van der Waals surface area contributed by atoms with Gasteiger partial charge >= 0.3 is 0 Å². The van der Waals surface area contributed by atoms with E-state index in [1.807, 2.05) is 42.5 Å². The highest BCUT2D eigenvalue weighted by atomic mass is 16.5. The van der Waals surface area contributed by atoms with Crippen LogP contribution in [-0.4, -0.2) is 30.9 Å². The van der Waals surface area contributed by atoms with Crippen molar-refractivity contribution in [3.05, 3.63) is 60.2 Å². The Morgan fingerprint density at radius 2 is 1.79 bits per heavy atom. The standard InChI is InChI=1S/C19H20N2O3/c1-21-17(22)12-14(18(21)13-8-4-3-5-9-13)19(23)20-15-10-6-7-11-16(15)24-2/h3-11,14,18H,12H2,1-2H3,(H,20,23)/t14-,18+/m1/s1. The van der Waals surface area contributed by atoms with E-state index in [0.717, 1.165) is 5.56 Å². The lowest BCUT2D eigenvalue weighted by Gasteiger charge is -2.25. The average Bonchev–Trinajstić information content (AvgIpc) is 2.91. The van der Waals surface area contributed by atoms with Crippen LogP contribution in [0.25, 0.3) is 0 Å². The Morgan fingerprint density at radius 1 is 1.12 bits per heavy atom. The van der Waals surface area contributed by atoms with Gasteiger partial charge < -0.3 is 15.0 Å². The minimum atomic E-state index is -0.435. The van der Waals surface area contributed by atoms with Crippen molar-refractivity contribution in [1.82, 2.24) is 4.90 Å². The molecule has 2 aromatic carbocycles. The molecule has 0 radical (unpaired) electrons. The van der Waals surface area contributed by atoms with Crippen LogP contribution in [0.5, 0.6) is 5.75 Å². The number of ether oxygens (including phenoxy) is 1. The number of anilines is 1. The fourth-order valence-corrected chi connectivity index (χ4v) is 3.18. The van der Waals surface area contributed by atoms with E-state index >= 15 is 0 Å². The number of amides is 2. The first-order valence-electron chi connectivity index (χ1n) is 7.86. The maximum Gasteiger partial charge on any atom is 0.230 e. The van der Waals surface area contributed by atoms with Gasteiger partial charge in [0.15, 0.2) is 0 Å². The van der Waals surface area contributed by atoms with Crippen LogP contribution in [0.3, 0.4) is 0 Å². The molecule has 0 bridgehead atoms. The Kier molecular flexibility index (Phi) is 4.51. The molecule has 1 heterocycles. The highest BCUT2D eigenvalue weighted by Crippen LogP contribution is 2.38. The minimum Gasteiger partial charge on any atom is -0.495 e.